The lowest BCUT2D eigenvalue weighted by atomic mass is 10.2. The van der Waals surface area contributed by atoms with Crippen molar-refractivity contribution in [3.63, 3.8) is 0 Å². The number of nitrogens with zero attached hydrogens (tertiary/aromatic N) is 4. The van der Waals surface area contributed by atoms with Gasteiger partial charge in [0, 0.05) is 37.1 Å². The molecule has 0 bridgehead atoms. The van der Waals surface area contributed by atoms with Gasteiger partial charge in [0.1, 0.15) is 6.04 Å². The maximum absolute atomic E-state index is 12.5. The third-order valence-electron chi connectivity index (χ3n) is 5.02. The second-order valence-electron chi connectivity index (χ2n) is 6.41. The summed E-state index contributed by atoms with van der Waals surface area (Å²) in [6, 6.07) is 6.28. The first-order valence-electron chi connectivity index (χ1n) is 8.52. The predicted octanol–water partition coefficient (Wildman–Crippen LogP) is 0.914. The summed E-state index contributed by atoms with van der Waals surface area (Å²) in [5.41, 5.74) is 0. The SMILES string of the molecule is N#CC(c1cccs1)N1CCN(C(=O)CN2CCC[C@@H]2CO)CC1. The quantitative estimate of drug-likeness (QED) is 0.857. The molecule has 0 spiro atoms. The zero-order valence-electron chi connectivity index (χ0n) is 13.8. The molecule has 0 saturated carbocycles. The van der Waals surface area contributed by atoms with E-state index in [1.54, 1.807) is 11.3 Å². The van der Waals surface area contributed by atoms with Crippen molar-refractivity contribution >= 4 is 17.2 Å². The van der Waals surface area contributed by atoms with E-state index in [1.807, 2.05) is 22.4 Å². The molecule has 3 rings (SSSR count). The number of carbonyl (C=O) groups is 1. The highest BCUT2D eigenvalue weighted by molar-refractivity contribution is 7.10. The molecule has 2 fully saturated rings. The number of amides is 1. The lowest BCUT2D eigenvalue weighted by molar-refractivity contribution is -0.134. The van der Waals surface area contributed by atoms with Crippen LogP contribution in [0.5, 0.6) is 0 Å². The summed E-state index contributed by atoms with van der Waals surface area (Å²) in [5, 5.41) is 20.8. The van der Waals surface area contributed by atoms with E-state index in [4.69, 9.17) is 0 Å². The number of likely N-dealkylation sites (tertiary alicyclic amines) is 1. The zero-order chi connectivity index (χ0) is 16.9. The fourth-order valence-corrected chi connectivity index (χ4v) is 4.39. The first-order chi connectivity index (χ1) is 11.7. The van der Waals surface area contributed by atoms with Crippen molar-refractivity contribution in [1.29, 1.82) is 5.26 Å². The van der Waals surface area contributed by atoms with E-state index < -0.39 is 0 Å². The number of aliphatic hydroxyl groups is 1. The van der Waals surface area contributed by atoms with Crippen LogP contribution < -0.4 is 0 Å². The van der Waals surface area contributed by atoms with Crippen molar-refractivity contribution in [1.82, 2.24) is 14.7 Å². The van der Waals surface area contributed by atoms with Crippen molar-refractivity contribution in [2.75, 3.05) is 45.9 Å². The fraction of sp³-hybridized carbons (Fsp3) is 0.647. The lowest BCUT2D eigenvalue weighted by Gasteiger charge is -2.37. The molecule has 6 nitrogen and oxygen atoms in total. The van der Waals surface area contributed by atoms with Crippen LogP contribution >= 0.6 is 11.3 Å². The molecule has 1 unspecified atom stereocenters. The Hall–Kier alpha value is -1.46. The molecule has 3 heterocycles. The van der Waals surface area contributed by atoms with Gasteiger partial charge in [0.2, 0.25) is 5.91 Å². The molecule has 0 aliphatic carbocycles. The topological polar surface area (TPSA) is 70.8 Å². The fourth-order valence-electron chi connectivity index (χ4n) is 3.59. The average Bonchev–Trinajstić information content (AvgIpc) is 3.28. The van der Waals surface area contributed by atoms with Crippen LogP contribution in [0.2, 0.25) is 0 Å². The van der Waals surface area contributed by atoms with Crippen LogP contribution in [0.1, 0.15) is 23.8 Å². The molecule has 130 valence electrons. The normalized spacial score (nSPS) is 24.0. The Kier molecular flexibility index (Phi) is 5.85. The number of hydrogen-bond donors (Lipinski definition) is 1. The number of carbonyl (C=O) groups excluding carboxylic acids is 1. The van der Waals surface area contributed by atoms with Crippen LogP contribution in [0.3, 0.4) is 0 Å². The predicted molar refractivity (Wildman–Crippen MR) is 92.5 cm³/mol. The third-order valence-corrected chi connectivity index (χ3v) is 5.94. The lowest BCUT2D eigenvalue weighted by Crippen LogP contribution is -2.52. The van der Waals surface area contributed by atoms with E-state index >= 15 is 0 Å². The summed E-state index contributed by atoms with van der Waals surface area (Å²) in [4.78, 5) is 19.7. The highest BCUT2D eigenvalue weighted by Gasteiger charge is 2.30. The number of rotatable bonds is 5. The molecule has 1 N–H and O–H groups in total. The molecule has 1 aromatic heterocycles. The Bertz CT molecular complexity index is 578. The molecule has 0 aromatic carbocycles. The molecule has 2 atom stereocenters. The largest absolute Gasteiger partial charge is 0.395 e. The Morgan fingerprint density at radius 1 is 1.38 bits per heavy atom. The number of hydrogen-bond acceptors (Lipinski definition) is 6. The van der Waals surface area contributed by atoms with Crippen LogP contribution in [-0.4, -0.2) is 77.6 Å². The zero-order valence-corrected chi connectivity index (χ0v) is 14.6. The number of nitriles is 1. The standard InChI is InChI=1S/C17H24N4O2S/c18-11-15(16-4-2-10-24-16)19-6-8-20(9-7-19)17(23)12-21-5-1-3-14(21)13-22/h2,4,10,14-15,22H,1,3,5-9,12-13H2/t14-,15?/m1/s1. The van der Waals surface area contributed by atoms with Gasteiger partial charge in [-0.3, -0.25) is 14.6 Å². The van der Waals surface area contributed by atoms with Crippen LogP contribution in [-0.2, 0) is 4.79 Å². The first kappa shape index (κ1) is 17.4. The number of thiophene rings is 1. The Morgan fingerprint density at radius 3 is 2.79 bits per heavy atom. The van der Waals surface area contributed by atoms with E-state index in [0.717, 1.165) is 37.4 Å². The van der Waals surface area contributed by atoms with Crippen LogP contribution in [0.25, 0.3) is 0 Å². The van der Waals surface area contributed by atoms with Crippen LogP contribution in [0.4, 0.5) is 0 Å². The summed E-state index contributed by atoms with van der Waals surface area (Å²) in [6.45, 7) is 4.21. The van der Waals surface area contributed by atoms with Crippen molar-refractivity contribution in [3.8, 4) is 6.07 Å². The van der Waals surface area contributed by atoms with Gasteiger partial charge in [0.25, 0.3) is 0 Å². The summed E-state index contributed by atoms with van der Waals surface area (Å²) < 4.78 is 0. The number of aliphatic hydroxyl groups excluding tert-OH is 1. The third kappa shape index (κ3) is 3.78. The Morgan fingerprint density at radius 2 is 2.17 bits per heavy atom. The van der Waals surface area contributed by atoms with Crippen molar-refractivity contribution < 1.29 is 9.90 Å². The minimum absolute atomic E-state index is 0.131. The second kappa shape index (κ2) is 8.08. The van der Waals surface area contributed by atoms with Crippen molar-refractivity contribution in [2.45, 2.75) is 24.9 Å². The van der Waals surface area contributed by atoms with Crippen LogP contribution in [0, 0.1) is 11.3 Å². The maximum Gasteiger partial charge on any atom is 0.236 e. The smallest absolute Gasteiger partial charge is 0.236 e. The average molecular weight is 348 g/mol. The van der Waals surface area contributed by atoms with Gasteiger partial charge in [-0.1, -0.05) is 6.07 Å². The molecule has 2 aliphatic heterocycles. The van der Waals surface area contributed by atoms with Gasteiger partial charge in [-0.2, -0.15) is 5.26 Å². The summed E-state index contributed by atoms with van der Waals surface area (Å²) in [7, 11) is 0. The highest BCUT2D eigenvalue weighted by Crippen LogP contribution is 2.25. The molecule has 0 radical (unpaired) electrons. The minimum atomic E-state index is -0.209. The summed E-state index contributed by atoms with van der Waals surface area (Å²) in [6.07, 6.45) is 2.03. The molecular weight excluding hydrogens is 324 g/mol. The second-order valence-corrected chi connectivity index (χ2v) is 7.39. The number of piperazine rings is 1. The van der Waals surface area contributed by atoms with Gasteiger partial charge in [0.15, 0.2) is 0 Å². The summed E-state index contributed by atoms with van der Waals surface area (Å²) in [5.74, 6) is 0.139. The molecule has 2 aliphatic rings. The van der Waals surface area contributed by atoms with E-state index in [2.05, 4.69) is 15.9 Å². The monoisotopic (exact) mass is 348 g/mol. The Labute approximate surface area is 146 Å². The molecular formula is C17H24N4O2S. The minimum Gasteiger partial charge on any atom is -0.395 e. The molecule has 24 heavy (non-hydrogen) atoms. The van der Waals surface area contributed by atoms with Gasteiger partial charge in [0.05, 0.1) is 19.2 Å². The molecule has 1 amide bonds. The van der Waals surface area contributed by atoms with Crippen molar-refractivity contribution in [3.05, 3.63) is 22.4 Å². The van der Waals surface area contributed by atoms with Gasteiger partial charge in [-0.15, -0.1) is 11.3 Å². The van der Waals surface area contributed by atoms with Gasteiger partial charge >= 0.3 is 0 Å². The van der Waals surface area contributed by atoms with Crippen molar-refractivity contribution in [2.24, 2.45) is 0 Å². The van der Waals surface area contributed by atoms with E-state index in [9.17, 15) is 15.2 Å². The molecule has 1 aromatic rings. The highest BCUT2D eigenvalue weighted by atomic mass is 32.1. The maximum atomic E-state index is 12.5. The van der Waals surface area contributed by atoms with E-state index in [1.165, 1.54) is 0 Å². The first-order valence-corrected chi connectivity index (χ1v) is 9.40. The Balaban J connectivity index is 1.51. The van der Waals surface area contributed by atoms with E-state index in [-0.39, 0.29) is 24.6 Å². The molecule has 2 saturated heterocycles. The van der Waals surface area contributed by atoms with Crippen LogP contribution in [0.15, 0.2) is 17.5 Å². The summed E-state index contributed by atoms with van der Waals surface area (Å²) >= 11 is 1.61. The molecule has 7 heteroatoms. The van der Waals surface area contributed by atoms with Gasteiger partial charge in [-0.25, -0.2) is 0 Å². The van der Waals surface area contributed by atoms with Gasteiger partial charge in [-0.05, 0) is 30.8 Å². The van der Waals surface area contributed by atoms with Gasteiger partial charge < -0.3 is 10.0 Å². The van der Waals surface area contributed by atoms with E-state index in [0.29, 0.717) is 19.6 Å².